The highest BCUT2D eigenvalue weighted by atomic mass is 19.1. The molecule has 2 heterocycles. The molecule has 4 rings (SSSR count). The van der Waals surface area contributed by atoms with Crippen molar-refractivity contribution in [3.63, 3.8) is 0 Å². The summed E-state index contributed by atoms with van der Waals surface area (Å²) in [5, 5.41) is 2.76. The van der Waals surface area contributed by atoms with Crippen molar-refractivity contribution in [2.45, 2.75) is 13.1 Å². The van der Waals surface area contributed by atoms with Crippen LogP contribution in [0.25, 0.3) is 0 Å². The monoisotopic (exact) mass is 480 g/mol. The summed E-state index contributed by atoms with van der Waals surface area (Å²) in [6.45, 7) is 3.84. The van der Waals surface area contributed by atoms with Gasteiger partial charge in [0.15, 0.2) is 5.75 Å². The first-order chi connectivity index (χ1) is 16.9. The Hall–Kier alpha value is -3.85. The predicted octanol–water partition coefficient (Wildman–Crippen LogP) is 2.97. The van der Waals surface area contributed by atoms with Crippen molar-refractivity contribution in [3.05, 3.63) is 82.5 Å². The van der Waals surface area contributed by atoms with Gasteiger partial charge >= 0.3 is 0 Å². The van der Waals surface area contributed by atoms with Crippen molar-refractivity contribution in [1.29, 1.82) is 0 Å². The highest BCUT2D eigenvalue weighted by Gasteiger charge is 2.20. The Bertz CT molecular complexity index is 1200. The number of ether oxygens (including phenoxy) is 2. The molecule has 1 aliphatic heterocycles. The van der Waals surface area contributed by atoms with Crippen LogP contribution in [0, 0.1) is 5.82 Å². The fourth-order valence-corrected chi connectivity index (χ4v) is 4.11. The number of rotatable bonds is 8. The van der Waals surface area contributed by atoms with E-state index in [-0.39, 0.29) is 29.4 Å². The van der Waals surface area contributed by atoms with Gasteiger partial charge in [-0.15, -0.1) is 0 Å². The van der Waals surface area contributed by atoms with E-state index in [9.17, 15) is 14.0 Å². The third kappa shape index (κ3) is 6.19. The summed E-state index contributed by atoms with van der Waals surface area (Å²) in [5.41, 5.74) is 2.14. The molecular weight excluding hydrogens is 451 g/mol. The molecule has 0 unspecified atom stereocenters. The number of amides is 1. The smallest absolute Gasteiger partial charge is 0.244 e. The molecule has 0 aliphatic carbocycles. The summed E-state index contributed by atoms with van der Waals surface area (Å²) < 4.78 is 25.3. The second kappa shape index (κ2) is 11.1. The average Bonchev–Trinajstić information content (AvgIpc) is 2.87. The van der Waals surface area contributed by atoms with Crippen molar-refractivity contribution < 1.29 is 18.7 Å². The van der Waals surface area contributed by atoms with Gasteiger partial charge in [0.1, 0.15) is 18.1 Å². The van der Waals surface area contributed by atoms with Crippen molar-refractivity contribution in [1.82, 2.24) is 9.47 Å². The van der Waals surface area contributed by atoms with Crippen LogP contribution < -0.4 is 25.1 Å². The zero-order chi connectivity index (χ0) is 24.8. The summed E-state index contributed by atoms with van der Waals surface area (Å²) in [5.74, 6) is 0.344. The van der Waals surface area contributed by atoms with E-state index >= 15 is 0 Å². The minimum Gasteiger partial charge on any atom is -0.497 e. The standard InChI is InChI=1S/C26H29FN4O4/c1-34-23-9-7-21(8-10-23)30-13-11-29(12-14-30)16-22-15-24(32)25(35-2)17-31(22)18-26(33)28-20-5-3-19(27)4-6-20/h3-10,15,17H,11-14,16,18H2,1-2H3,(H,28,33). The van der Waals surface area contributed by atoms with Gasteiger partial charge in [-0.3, -0.25) is 14.5 Å². The van der Waals surface area contributed by atoms with Crippen LogP contribution in [0.4, 0.5) is 15.8 Å². The van der Waals surface area contributed by atoms with Gasteiger partial charge in [-0.2, -0.15) is 0 Å². The number of halogens is 1. The number of piperazine rings is 1. The molecule has 0 radical (unpaired) electrons. The van der Waals surface area contributed by atoms with E-state index in [1.54, 1.807) is 17.9 Å². The van der Waals surface area contributed by atoms with E-state index < -0.39 is 0 Å². The van der Waals surface area contributed by atoms with E-state index in [4.69, 9.17) is 9.47 Å². The second-order valence-electron chi connectivity index (χ2n) is 8.34. The van der Waals surface area contributed by atoms with Crippen LogP contribution in [0.15, 0.2) is 65.6 Å². The van der Waals surface area contributed by atoms with Crippen LogP contribution in [0.2, 0.25) is 0 Å². The lowest BCUT2D eigenvalue weighted by molar-refractivity contribution is -0.116. The molecule has 0 atom stereocenters. The van der Waals surface area contributed by atoms with Gasteiger partial charge in [0.05, 0.1) is 20.4 Å². The highest BCUT2D eigenvalue weighted by Crippen LogP contribution is 2.21. The molecule has 8 nitrogen and oxygen atoms in total. The fourth-order valence-electron chi connectivity index (χ4n) is 4.11. The lowest BCUT2D eigenvalue weighted by Gasteiger charge is -2.36. The number of anilines is 2. The van der Waals surface area contributed by atoms with Crippen LogP contribution in [0.3, 0.4) is 0 Å². The van der Waals surface area contributed by atoms with E-state index in [1.807, 2.05) is 12.1 Å². The van der Waals surface area contributed by atoms with Crippen LogP contribution in [0.5, 0.6) is 11.5 Å². The molecule has 1 N–H and O–H groups in total. The highest BCUT2D eigenvalue weighted by molar-refractivity contribution is 5.90. The minimum absolute atomic E-state index is 0.00480. The van der Waals surface area contributed by atoms with Crippen molar-refractivity contribution in [3.8, 4) is 11.5 Å². The van der Waals surface area contributed by atoms with Crippen molar-refractivity contribution in [2.24, 2.45) is 0 Å². The van der Waals surface area contributed by atoms with E-state index in [1.165, 1.54) is 37.4 Å². The number of hydrogen-bond acceptors (Lipinski definition) is 6. The first-order valence-electron chi connectivity index (χ1n) is 11.4. The molecule has 0 bridgehead atoms. The number of benzene rings is 2. The average molecular weight is 481 g/mol. The van der Waals surface area contributed by atoms with Gasteiger partial charge in [-0.1, -0.05) is 0 Å². The fraction of sp³-hybridized carbons (Fsp3) is 0.308. The quantitative estimate of drug-likeness (QED) is 0.534. The topological polar surface area (TPSA) is 76.0 Å². The largest absolute Gasteiger partial charge is 0.497 e. The predicted molar refractivity (Wildman–Crippen MR) is 133 cm³/mol. The number of pyridine rings is 1. The number of carbonyl (C=O) groups excluding carboxylic acids is 1. The lowest BCUT2D eigenvalue weighted by atomic mass is 10.2. The molecule has 1 saturated heterocycles. The number of nitrogens with one attached hydrogen (secondary N) is 1. The first kappa shape index (κ1) is 24.3. The zero-order valence-electron chi connectivity index (χ0n) is 19.9. The zero-order valence-corrected chi connectivity index (χ0v) is 19.9. The normalized spacial score (nSPS) is 14.0. The van der Waals surface area contributed by atoms with E-state index in [0.29, 0.717) is 12.2 Å². The van der Waals surface area contributed by atoms with Crippen LogP contribution in [-0.2, 0) is 17.9 Å². The number of methoxy groups -OCH3 is 2. The first-order valence-corrected chi connectivity index (χ1v) is 11.4. The molecule has 3 aromatic rings. The maximum Gasteiger partial charge on any atom is 0.244 e. The molecule has 1 aromatic heterocycles. The minimum atomic E-state index is -0.373. The van der Waals surface area contributed by atoms with Gasteiger partial charge in [0.2, 0.25) is 11.3 Å². The van der Waals surface area contributed by atoms with Crippen molar-refractivity contribution >= 4 is 17.3 Å². The Kier molecular flexibility index (Phi) is 7.67. The summed E-state index contributed by atoms with van der Waals surface area (Å²) >= 11 is 0. The summed E-state index contributed by atoms with van der Waals surface area (Å²) in [4.78, 5) is 29.7. The number of hydrogen-bond donors (Lipinski definition) is 1. The van der Waals surface area contributed by atoms with Gasteiger partial charge in [0.25, 0.3) is 0 Å². The molecule has 0 saturated carbocycles. The van der Waals surface area contributed by atoms with Crippen LogP contribution >= 0.6 is 0 Å². The molecule has 2 aromatic carbocycles. The van der Waals surface area contributed by atoms with Gasteiger partial charge in [0, 0.05) is 55.9 Å². The van der Waals surface area contributed by atoms with Crippen LogP contribution in [-0.4, -0.2) is 55.8 Å². The van der Waals surface area contributed by atoms with Crippen molar-refractivity contribution in [2.75, 3.05) is 50.6 Å². The third-order valence-corrected chi connectivity index (χ3v) is 6.04. The maximum absolute atomic E-state index is 13.1. The molecule has 9 heteroatoms. The summed E-state index contributed by atoms with van der Waals surface area (Å²) in [7, 11) is 3.08. The number of aromatic nitrogens is 1. The second-order valence-corrected chi connectivity index (χ2v) is 8.34. The Morgan fingerprint density at radius 2 is 1.66 bits per heavy atom. The summed E-state index contributed by atoms with van der Waals surface area (Å²) in [6.07, 6.45) is 1.56. The Morgan fingerprint density at radius 3 is 2.29 bits per heavy atom. The Balaban J connectivity index is 1.43. The van der Waals surface area contributed by atoms with E-state index in [0.717, 1.165) is 43.3 Å². The van der Waals surface area contributed by atoms with E-state index in [2.05, 4.69) is 27.2 Å². The third-order valence-electron chi connectivity index (χ3n) is 6.04. The van der Waals surface area contributed by atoms with Gasteiger partial charge in [-0.05, 0) is 48.5 Å². The molecule has 1 fully saturated rings. The Morgan fingerprint density at radius 1 is 0.971 bits per heavy atom. The molecule has 184 valence electrons. The molecule has 0 spiro atoms. The van der Waals surface area contributed by atoms with Gasteiger partial charge in [-0.25, -0.2) is 4.39 Å². The SMILES string of the molecule is COc1ccc(N2CCN(Cc3cc(=O)c(OC)cn3CC(=O)Nc3ccc(F)cc3)CC2)cc1. The van der Waals surface area contributed by atoms with Crippen LogP contribution in [0.1, 0.15) is 5.69 Å². The van der Waals surface area contributed by atoms with Gasteiger partial charge < -0.3 is 24.3 Å². The lowest BCUT2D eigenvalue weighted by Crippen LogP contribution is -2.46. The molecule has 1 amide bonds. The number of nitrogens with zero attached hydrogens (tertiary/aromatic N) is 3. The number of carbonyl (C=O) groups is 1. The summed E-state index contributed by atoms with van der Waals surface area (Å²) in [6, 6.07) is 15.1. The molecular formula is C26H29FN4O4. The maximum atomic E-state index is 13.1. The Labute approximate surface area is 203 Å². The molecule has 1 aliphatic rings. The molecule has 35 heavy (non-hydrogen) atoms.